The van der Waals surface area contributed by atoms with E-state index in [0.29, 0.717) is 11.4 Å². The van der Waals surface area contributed by atoms with Crippen LogP contribution in [-0.4, -0.2) is 39.5 Å². The van der Waals surface area contributed by atoms with Gasteiger partial charge in [-0.1, -0.05) is 6.92 Å². The molecule has 0 aromatic carbocycles. The third kappa shape index (κ3) is 2.38. The number of hydrogen-bond acceptors (Lipinski definition) is 4. The molecule has 2 heterocycles. The first-order valence-corrected chi connectivity index (χ1v) is 6.78. The zero-order chi connectivity index (χ0) is 13.3. The number of carbonyl (C=O) groups is 2. The van der Waals surface area contributed by atoms with E-state index in [0.717, 1.165) is 17.8 Å². The fourth-order valence-corrected chi connectivity index (χ4v) is 3.13. The molecular weight excluding hydrogens is 252 g/mol. The number of likely N-dealkylation sites (tertiary alicyclic amines) is 1. The third-order valence-corrected chi connectivity index (χ3v) is 4.18. The largest absolute Gasteiger partial charge is 0.480 e. The number of aliphatic carboxylic acids is 1. The molecule has 5 nitrogen and oxygen atoms in total. The van der Waals surface area contributed by atoms with Crippen LogP contribution in [0.15, 0.2) is 6.20 Å². The molecule has 2 rings (SSSR count). The smallest absolute Gasteiger partial charge is 0.326 e. The second-order valence-electron chi connectivity index (χ2n) is 4.64. The summed E-state index contributed by atoms with van der Waals surface area (Å²) in [4.78, 5) is 29.7. The molecule has 1 fully saturated rings. The lowest BCUT2D eigenvalue weighted by Crippen LogP contribution is -2.51. The summed E-state index contributed by atoms with van der Waals surface area (Å²) in [6.07, 6.45) is 3.23. The lowest BCUT2D eigenvalue weighted by molar-refractivity contribution is -0.145. The topological polar surface area (TPSA) is 70.5 Å². The van der Waals surface area contributed by atoms with E-state index in [1.54, 1.807) is 0 Å². The minimum Gasteiger partial charge on any atom is -0.480 e. The zero-order valence-electron chi connectivity index (χ0n) is 10.4. The van der Waals surface area contributed by atoms with Gasteiger partial charge in [0.15, 0.2) is 0 Å². The maximum absolute atomic E-state index is 12.3. The van der Waals surface area contributed by atoms with E-state index < -0.39 is 12.0 Å². The Balaban J connectivity index is 2.24. The monoisotopic (exact) mass is 268 g/mol. The van der Waals surface area contributed by atoms with E-state index >= 15 is 0 Å². The number of aromatic nitrogens is 1. The van der Waals surface area contributed by atoms with Crippen LogP contribution in [0.1, 0.15) is 34.4 Å². The summed E-state index contributed by atoms with van der Waals surface area (Å²) in [5.41, 5.74) is 0. The highest BCUT2D eigenvalue weighted by atomic mass is 32.1. The Kier molecular flexibility index (Phi) is 3.65. The van der Waals surface area contributed by atoms with E-state index in [2.05, 4.69) is 4.98 Å². The van der Waals surface area contributed by atoms with Crippen LogP contribution >= 0.6 is 11.3 Å². The van der Waals surface area contributed by atoms with Gasteiger partial charge in [-0.05, 0) is 25.7 Å². The first kappa shape index (κ1) is 13.0. The SMILES string of the molecule is Cc1ncc(C(=O)N2CCCC(C)C2C(=O)O)s1. The number of carbonyl (C=O) groups excluding carboxylic acids is 1. The summed E-state index contributed by atoms with van der Waals surface area (Å²) in [5, 5.41) is 10.1. The van der Waals surface area contributed by atoms with Crippen LogP contribution < -0.4 is 0 Å². The number of piperidine rings is 1. The van der Waals surface area contributed by atoms with Crippen molar-refractivity contribution >= 4 is 23.2 Å². The minimum absolute atomic E-state index is 0.00535. The molecule has 1 N–H and O–H groups in total. The van der Waals surface area contributed by atoms with Gasteiger partial charge in [0, 0.05) is 6.54 Å². The second-order valence-corrected chi connectivity index (χ2v) is 5.88. The van der Waals surface area contributed by atoms with Crippen molar-refractivity contribution in [1.29, 1.82) is 0 Å². The number of hydrogen-bond donors (Lipinski definition) is 1. The van der Waals surface area contributed by atoms with Gasteiger partial charge in [0.05, 0.1) is 11.2 Å². The molecule has 1 aliphatic heterocycles. The molecule has 0 bridgehead atoms. The summed E-state index contributed by atoms with van der Waals surface area (Å²) in [6, 6.07) is -0.714. The fraction of sp³-hybridized carbons (Fsp3) is 0.583. The quantitative estimate of drug-likeness (QED) is 0.887. The van der Waals surface area contributed by atoms with E-state index in [4.69, 9.17) is 0 Å². The Hall–Kier alpha value is -1.43. The maximum Gasteiger partial charge on any atom is 0.326 e. The molecule has 1 aromatic heterocycles. The molecule has 0 radical (unpaired) electrons. The van der Waals surface area contributed by atoms with Gasteiger partial charge in [-0.15, -0.1) is 11.3 Å². The predicted molar refractivity (Wildman–Crippen MR) is 67.7 cm³/mol. The Bertz CT molecular complexity index is 472. The Morgan fingerprint density at radius 1 is 1.56 bits per heavy atom. The van der Waals surface area contributed by atoms with Gasteiger partial charge >= 0.3 is 5.97 Å². The molecule has 18 heavy (non-hydrogen) atoms. The number of rotatable bonds is 2. The molecule has 0 spiro atoms. The summed E-state index contributed by atoms with van der Waals surface area (Å²) in [6.45, 7) is 4.22. The van der Waals surface area contributed by atoms with Crippen molar-refractivity contribution in [3.63, 3.8) is 0 Å². The van der Waals surface area contributed by atoms with Gasteiger partial charge in [0.1, 0.15) is 10.9 Å². The highest BCUT2D eigenvalue weighted by Gasteiger charge is 2.37. The zero-order valence-corrected chi connectivity index (χ0v) is 11.2. The lowest BCUT2D eigenvalue weighted by atomic mass is 9.90. The number of carboxylic acids is 1. The molecule has 2 unspecified atom stereocenters. The van der Waals surface area contributed by atoms with Crippen LogP contribution in [0.4, 0.5) is 0 Å². The normalized spacial score (nSPS) is 24.0. The van der Waals surface area contributed by atoms with Crippen LogP contribution in [0.3, 0.4) is 0 Å². The van der Waals surface area contributed by atoms with Crippen LogP contribution in [0.2, 0.25) is 0 Å². The first-order valence-electron chi connectivity index (χ1n) is 5.97. The Morgan fingerprint density at radius 3 is 2.83 bits per heavy atom. The van der Waals surface area contributed by atoms with Crippen molar-refractivity contribution in [3.05, 3.63) is 16.1 Å². The standard InChI is InChI=1S/C12H16N2O3S/c1-7-4-3-5-14(10(7)12(16)17)11(15)9-6-13-8(2)18-9/h6-7,10H,3-5H2,1-2H3,(H,16,17). The van der Waals surface area contributed by atoms with Gasteiger partial charge in [0.25, 0.3) is 5.91 Å². The van der Waals surface area contributed by atoms with Gasteiger partial charge in [-0.25, -0.2) is 9.78 Å². The van der Waals surface area contributed by atoms with Gasteiger partial charge in [-0.3, -0.25) is 4.79 Å². The second kappa shape index (κ2) is 5.06. The summed E-state index contributed by atoms with van der Waals surface area (Å²) in [5.74, 6) is -1.13. The van der Waals surface area contributed by atoms with Crippen molar-refractivity contribution < 1.29 is 14.7 Å². The van der Waals surface area contributed by atoms with Crippen molar-refractivity contribution in [2.75, 3.05) is 6.54 Å². The van der Waals surface area contributed by atoms with Crippen molar-refractivity contribution in [3.8, 4) is 0 Å². The molecule has 98 valence electrons. The molecule has 1 aromatic rings. The van der Waals surface area contributed by atoms with E-state index in [1.807, 2.05) is 13.8 Å². The Labute approximate surface area is 109 Å². The van der Waals surface area contributed by atoms with E-state index in [9.17, 15) is 14.7 Å². The minimum atomic E-state index is -0.920. The number of amides is 1. The van der Waals surface area contributed by atoms with Crippen LogP contribution in [0.5, 0.6) is 0 Å². The molecule has 1 saturated heterocycles. The molecule has 1 amide bonds. The number of nitrogens with zero attached hydrogens (tertiary/aromatic N) is 2. The van der Waals surface area contributed by atoms with Crippen LogP contribution in [0, 0.1) is 12.8 Å². The fourth-order valence-electron chi connectivity index (χ4n) is 2.39. The van der Waals surface area contributed by atoms with Gasteiger partial charge in [-0.2, -0.15) is 0 Å². The van der Waals surface area contributed by atoms with Crippen molar-refractivity contribution in [1.82, 2.24) is 9.88 Å². The molecule has 0 aliphatic carbocycles. The molecule has 2 atom stereocenters. The third-order valence-electron chi connectivity index (χ3n) is 3.28. The molecule has 0 saturated carbocycles. The van der Waals surface area contributed by atoms with E-state index in [1.165, 1.54) is 22.4 Å². The molecular formula is C12H16N2O3S. The predicted octanol–water partition coefficient (Wildman–Crippen LogP) is 1.78. The van der Waals surface area contributed by atoms with Crippen LogP contribution in [-0.2, 0) is 4.79 Å². The Morgan fingerprint density at radius 2 is 2.28 bits per heavy atom. The number of thiazole rings is 1. The van der Waals surface area contributed by atoms with Gasteiger partial charge in [0.2, 0.25) is 0 Å². The van der Waals surface area contributed by atoms with Crippen molar-refractivity contribution in [2.45, 2.75) is 32.7 Å². The highest BCUT2D eigenvalue weighted by molar-refractivity contribution is 7.13. The molecule has 6 heteroatoms. The number of aryl methyl sites for hydroxylation is 1. The van der Waals surface area contributed by atoms with Gasteiger partial charge < -0.3 is 10.0 Å². The van der Waals surface area contributed by atoms with Crippen molar-refractivity contribution in [2.24, 2.45) is 5.92 Å². The number of carboxylic acid groups (broad SMARTS) is 1. The van der Waals surface area contributed by atoms with Crippen LogP contribution in [0.25, 0.3) is 0 Å². The average molecular weight is 268 g/mol. The maximum atomic E-state index is 12.3. The lowest BCUT2D eigenvalue weighted by Gasteiger charge is -2.36. The summed E-state index contributed by atoms with van der Waals surface area (Å²) >= 11 is 1.31. The molecule has 1 aliphatic rings. The highest BCUT2D eigenvalue weighted by Crippen LogP contribution is 2.26. The average Bonchev–Trinajstić information content (AvgIpc) is 2.74. The van der Waals surface area contributed by atoms with E-state index in [-0.39, 0.29) is 11.8 Å². The summed E-state index contributed by atoms with van der Waals surface area (Å²) in [7, 11) is 0. The summed E-state index contributed by atoms with van der Waals surface area (Å²) < 4.78 is 0. The first-order chi connectivity index (χ1) is 8.50.